The molecule has 1 N–H and O–H groups in total. The first-order valence-electron chi connectivity index (χ1n) is 6.91. The van der Waals surface area contributed by atoms with Crippen LogP contribution in [-0.2, 0) is 9.53 Å². The summed E-state index contributed by atoms with van der Waals surface area (Å²) < 4.78 is 5.43. The van der Waals surface area contributed by atoms with Crippen molar-refractivity contribution < 1.29 is 14.3 Å². The van der Waals surface area contributed by atoms with Crippen LogP contribution in [-0.4, -0.2) is 29.4 Å². The van der Waals surface area contributed by atoms with Crippen molar-refractivity contribution in [3.05, 3.63) is 24.0 Å². The Balaban J connectivity index is 2.17. The van der Waals surface area contributed by atoms with Crippen molar-refractivity contribution in [2.45, 2.75) is 33.3 Å². The molecule has 0 unspecified atom stereocenters. The number of carbonyl (C=O) groups excluding carboxylic acids is 2. The van der Waals surface area contributed by atoms with Crippen LogP contribution in [0, 0.1) is 11.8 Å². The molecule has 1 saturated heterocycles. The van der Waals surface area contributed by atoms with Crippen LogP contribution in [0.1, 0.15) is 37.6 Å². The van der Waals surface area contributed by atoms with Gasteiger partial charge in [-0.3, -0.25) is 14.6 Å². The number of ether oxygens (including phenoxy) is 1. The number of ketones is 1. The Labute approximate surface area is 118 Å². The summed E-state index contributed by atoms with van der Waals surface area (Å²) in [6.07, 6.45) is 3.50. The van der Waals surface area contributed by atoms with Crippen molar-refractivity contribution in [2.24, 2.45) is 11.8 Å². The standard InChI is InChI=1S/C15H20N2O3/c1-9(2)13(18)11-8-16-6-4-12(11)17-15(19)14-10(3)5-7-20-14/h4,6,8-10,14H,5,7H2,1-3H3,(H,16,17,19)/t10-,14-/m1/s1. The minimum atomic E-state index is -0.440. The molecule has 20 heavy (non-hydrogen) atoms. The van der Waals surface area contributed by atoms with E-state index in [1.54, 1.807) is 12.3 Å². The fraction of sp³-hybridized carbons (Fsp3) is 0.533. The lowest BCUT2D eigenvalue weighted by molar-refractivity contribution is -0.126. The number of hydrogen-bond donors (Lipinski definition) is 1. The fourth-order valence-corrected chi connectivity index (χ4v) is 2.25. The molecule has 5 heteroatoms. The summed E-state index contributed by atoms with van der Waals surface area (Å²) in [5.74, 6) is -0.176. The Morgan fingerprint density at radius 2 is 2.20 bits per heavy atom. The van der Waals surface area contributed by atoms with E-state index in [1.165, 1.54) is 6.20 Å². The van der Waals surface area contributed by atoms with Crippen LogP contribution in [0.4, 0.5) is 5.69 Å². The maximum Gasteiger partial charge on any atom is 0.253 e. The lowest BCUT2D eigenvalue weighted by Gasteiger charge is -2.16. The molecule has 0 radical (unpaired) electrons. The Morgan fingerprint density at radius 3 is 2.80 bits per heavy atom. The predicted octanol–water partition coefficient (Wildman–Crippen LogP) is 2.28. The molecule has 1 aromatic heterocycles. The van der Waals surface area contributed by atoms with Crippen molar-refractivity contribution in [2.75, 3.05) is 11.9 Å². The molecule has 108 valence electrons. The molecule has 0 saturated carbocycles. The maximum atomic E-state index is 12.2. The van der Waals surface area contributed by atoms with Gasteiger partial charge in [0, 0.05) is 24.9 Å². The number of anilines is 1. The molecule has 0 aromatic carbocycles. The Morgan fingerprint density at radius 1 is 1.45 bits per heavy atom. The van der Waals surface area contributed by atoms with E-state index in [1.807, 2.05) is 20.8 Å². The summed E-state index contributed by atoms with van der Waals surface area (Å²) in [5.41, 5.74) is 0.952. The third kappa shape index (κ3) is 3.04. The third-order valence-electron chi connectivity index (χ3n) is 3.51. The second-order valence-corrected chi connectivity index (χ2v) is 5.49. The second-order valence-electron chi connectivity index (χ2n) is 5.49. The summed E-state index contributed by atoms with van der Waals surface area (Å²) in [7, 11) is 0. The molecule has 2 heterocycles. The van der Waals surface area contributed by atoms with E-state index in [9.17, 15) is 9.59 Å². The Bertz CT molecular complexity index is 514. The molecule has 2 rings (SSSR count). The molecule has 1 aliphatic rings. The zero-order valence-electron chi connectivity index (χ0n) is 12.1. The van der Waals surface area contributed by atoms with E-state index in [4.69, 9.17) is 4.74 Å². The van der Waals surface area contributed by atoms with Gasteiger partial charge in [-0.1, -0.05) is 20.8 Å². The molecule has 0 aliphatic carbocycles. The number of nitrogens with zero attached hydrogens (tertiary/aromatic N) is 1. The SMILES string of the molecule is CC(C)C(=O)c1cnccc1NC(=O)[C@@H]1OCC[C@H]1C. The van der Waals surface area contributed by atoms with Crippen molar-refractivity contribution in [1.82, 2.24) is 4.98 Å². The van der Waals surface area contributed by atoms with E-state index in [-0.39, 0.29) is 23.5 Å². The van der Waals surface area contributed by atoms with Crippen molar-refractivity contribution in [3.8, 4) is 0 Å². The molecule has 1 aromatic rings. The van der Waals surface area contributed by atoms with Crippen LogP contribution in [0.25, 0.3) is 0 Å². The van der Waals surface area contributed by atoms with Crippen LogP contribution in [0.2, 0.25) is 0 Å². The number of rotatable bonds is 4. The van der Waals surface area contributed by atoms with Crippen molar-refractivity contribution in [1.29, 1.82) is 0 Å². The largest absolute Gasteiger partial charge is 0.368 e. The molecule has 0 spiro atoms. The number of Topliss-reactive ketones (excluding diaryl/α,β-unsaturated/α-hetero) is 1. The highest BCUT2D eigenvalue weighted by molar-refractivity contribution is 6.06. The minimum Gasteiger partial charge on any atom is -0.368 e. The predicted molar refractivity (Wildman–Crippen MR) is 75.6 cm³/mol. The van der Waals surface area contributed by atoms with E-state index in [0.29, 0.717) is 17.9 Å². The Kier molecular flexibility index (Phi) is 4.49. The van der Waals surface area contributed by atoms with Crippen LogP contribution in [0.3, 0.4) is 0 Å². The van der Waals surface area contributed by atoms with Gasteiger partial charge in [0.2, 0.25) is 0 Å². The first-order chi connectivity index (χ1) is 9.50. The maximum absolute atomic E-state index is 12.2. The van der Waals surface area contributed by atoms with E-state index >= 15 is 0 Å². The third-order valence-corrected chi connectivity index (χ3v) is 3.51. The van der Waals surface area contributed by atoms with E-state index in [2.05, 4.69) is 10.3 Å². The highest BCUT2D eigenvalue weighted by atomic mass is 16.5. The van der Waals surface area contributed by atoms with Gasteiger partial charge in [0.1, 0.15) is 6.10 Å². The van der Waals surface area contributed by atoms with Gasteiger partial charge >= 0.3 is 0 Å². The molecule has 5 nitrogen and oxygen atoms in total. The van der Waals surface area contributed by atoms with Gasteiger partial charge in [0.15, 0.2) is 5.78 Å². The highest BCUT2D eigenvalue weighted by Gasteiger charge is 2.31. The number of carbonyl (C=O) groups is 2. The van der Waals surface area contributed by atoms with E-state index in [0.717, 1.165) is 6.42 Å². The molecular weight excluding hydrogens is 256 g/mol. The van der Waals surface area contributed by atoms with Crippen molar-refractivity contribution >= 4 is 17.4 Å². The average Bonchev–Trinajstić information content (AvgIpc) is 2.84. The fourth-order valence-electron chi connectivity index (χ4n) is 2.25. The first-order valence-corrected chi connectivity index (χ1v) is 6.91. The monoisotopic (exact) mass is 276 g/mol. The van der Waals surface area contributed by atoms with Crippen molar-refractivity contribution in [3.63, 3.8) is 0 Å². The van der Waals surface area contributed by atoms with Crippen LogP contribution in [0.15, 0.2) is 18.5 Å². The summed E-state index contributed by atoms with van der Waals surface area (Å²) in [5, 5.41) is 2.79. The second kappa shape index (κ2) is 6.13. The number of aromatic nitrogens is 1. The molecule has 1 aliphatic heterocycles. The number of hydrogen-bond acceptors (Lipinski definition) is 4. The number of nitrogens with one attached hydrogen (secondary N) is 1. The average molecular weight is 276 g/mol. The molecule has 1 amide bonds. The van der Waals surface area contributed by atoms with E-state index < -0.39 is 6.10 Å². The quantitative estimate of drug-likeness (QED) is 0.857. The summed E-state index contributed by atoms with van der Waals surface area (Å²) in [4.78, 5) is 28.3. The summed E-state index contributed by atoms with van der Waals surface area (Å²) in [6, 6.07) is 1.65. The van der Waals surface area contributed by atoms with Gasteiger partial charge < -0.3 is 10.1 Å². The topological polar surface area (TPSA) is 68.3 Å². The normalized spacial score (nSPS) is 22.0. The van der Waals surface area contributed by atoms with Gasteiger partial charge in [0.25, 0.3) is 5.91 Å². The lowest BCUT2D eigenvalue weighted by Crippen LogP contribution is -2.32. The molecular formula is C15H20N2O3. The van der Waals surface area contributed by atoms with Crippen LogP contribution < -0.4 is 5.32 Å². The highest BCUT2D eigenvalue weighted by Crippen LogP contribution is 2.23. The molecule has 2 atom stereocenters. The Hall–Kier alpha value is -1.75. The van der Waals surface area contributed by atoms with Gasteiger partial charge in [-0.2, -0.15) is 0 Å². The van der Waals surface area contributed by atoms with Crippen LogP contribution in [0.5, 0.6) is 0 Å². The first kappa shape index (κ1) is 14.7. The molecule has 0 bridgehead atoms. The molecule has 1 fully saturated rings. The lowest BCUT2D eigenvalue weighted by atomic mass is 10.0. The number of amides is 1. The van der Waals surface area contributed by atoms with Gasteiger partial charge in [0.05, 0.1) is 11.3 Å². The van der Waals surface area contributed by atoms with Gasteiger partial charge in [-0.25, -0.2) is 0 Å². The summed E-state index contributed by atoms with van der Waals surface area (Å²) >= 11 is 0. The smallest absolute Gasteiger partial charge is 0.253 e. The van der Waals surface area contributed by atoms with Gasteiger partial charge in [-0.05, 0) is 18.4 Å². The van der Waals surface area contributed by atoms with Crippen LogP contribution >= 0.6 is 0 Å². The van der Waals surface area contributed by atoms with Gasteiger partial charge in [-0.15, -0.1) is 0 Å². The minimum absolute atomic E-state index is 0.0335. The number of pyridine rings is 1. The summed E-state index contributed by atoms with van der Waals surface area (Å²) in [6.45, 7) is 6.24. The zero-order valence-corrected chi connectivity index (χ0v) is 12.1. The zero-order chi connectivity index (χ0) is 14.7.